The van der Waals surface area contributed by atoms with Crippen LogP contribution in [-0.2, 0) is 22.2 Å². The summed E-state index contributed by atoms with van der Waals surface area (Å²) in [6.45, 7) is 4.09. The van der Waals surface area contributed by atoms with E-state index >= 15 is 0 Å². The van der Waals surface area contributed by atoms with Gasteiger partial charge in [0.15, 0.2) is 0 Å². The Hall–Kier alpha value is -2.49. The number of nitrogens with one attached hydrogen (secondary N) is 2. The van der Waals surface area contributed by atoms with Crippen LogP contribution < -0.4 is 10.6 Å². The molecule has 0 aliphatic carbocycles. The predicted octanol–water partition coefficient (Wildman–Crippen LogP) is 4.11. The Balaban J connectivity index is 1.81. The number of halogens is 3. The van der Waals surface area contributed by atoms with Crippen molar-refractivity contribution in [2.75, 3.05) is 10.6 Å². The van der Waals surface area contributed by atoms with Gasteiger partial charge in [0.25, 0.3) is 0 Å². The number of alkyl halides is 3. The van der Waals surface area contributed by atoms with Crippen LogP contribution in [0.4, 0.5) is 24.0 Å². The van der Waals surface area contributed by atoms with E-state index in [0.29, 0.717) is 11.0 Å². The minimum Gasteiger partial charge on any atom is -0.326 e. The van der Waals surface area contributed by atoms with Gasteiger partial charge in [-0.05, 0) is 24.1 Å². The maximum atomic E-state index is 12.7. The van der Waals surface area contributed by atoms with Crippen LogP contribution in [-0.4, -0.2) is 22.0 Å². The topological polar surface area (TPSA) is 84.0 Å². The number of hydrogen-bond donors (Lipinski definition) is 2. The van der Waals surface area contributed by atoms with Crippen molar-refractivity contribution < 1.29 is 22.8 Å². The van der Waals surface area contributed by atoms with Gasteiger partial charge < -0.3 is 10.6 Å². The fraction of sp³-hybridized carbons (Fsp3) is 0.412. The zero-order valence-electron chi connectivity index (χ0n) is 14.8. The summed E-state index contributed by atoms with van der Waals surface area (Å²) < 4.78 is 38.0. The highest BCUT2D eigenvalue weighted by Crippen LogP contribution is 2.30. The fourth-order valence-electron chi connectivity index (χ4n) is 2.14. The lowest BCUT2D eigenvalue weighted by molar-refractivity contribution is -0.137. The highest BCUT2D eigenvalue weighted by atomic mass is 32.1. The number of hydrogen-bond acceptors (Lipinski definition) is 5. The molecule has 0 bridgehead atoms. The number of aromatic nitrogens is 2. The average molecular weight is 400 g/mol. The molecule has 0 radical (unpaired) electrons. The van der Waals surface area contributed by atoms with Crippen molar-refractivity contribution in [3.63, 3.8) is 0 Å². The maximum Gasteiger partial charge on any atom is 0.416 e. The van der Waals surface area contributed by atoms with E-state index in [2.05, 4.69) is 20.8 Å². The lowest BCUT2D eigenvalue weighted by Gasteiger charge is -2.09. The third-order valence-corrected chi connectivity index (χ3v) is 4.21. The van der Waals surface area contributed by atoms with E-state index in [0.717, 1.165) is 23.6 Å². The summed E-state index contributed by atoms with van der Waals surface area (Å²) in [5.41, 5.74) is -0.829. The molecule has 10 heteroatoms. The van der Waals surface area contributed by atoms with Gasteiger partial charge in [0.1, 0.15) is 5.01 Å². The molecule has 2 N–H and O–H groups in total. The van der Waals surface area contributed by atoms with Crippen molar-refractivity contribution >= 4 is 34.0 Å². The molecule has 27 heavy (non-hydrogen) atoms. The van der Waals surface area contributed by atoms with E-state index in [1.807, 2.05) is 13.8 Å². The molecule has 2 rings (SSSR count). The third kappa shape index (κ3) is 6.97. The highest BCUT2D eigenvalue weighted by Gasteiger charge is 2.30. The summed E-state index contributed by atoms with van der Waals surface area (Å²) in [6.07, 6.45) is -4.02. The smallest absolute Gasteiger partial charge is 0.326 e. The van der Waals surface area contributed by atoms with E-state index < -0.39 is 23.6 Å². The number of rotatable bonds is 7. The first kappa shape index (κ1) is 20.8. The summed E-state index contributed by atoms with van der Waals surface area (Å²) in [4.78, 5) is 23.7. The normalized spacial score (nSPS) is 11.5. The monoisotopic (exact) mass is 400 g/mol. The Bertz CT molecular complexity index is 805. The van der Waals surface area contributed by atoms with Crippen molar-refractivity contribution in [3.05, 3.63) is 34.8 Å². The Morgan fingerprint density at radius 1 is 1.11 bits per heavy atom. The first-order valence-electron chi connectivity index (χ1n) is 8.23. The molecule has 0 spiro atoms. The van der Waals surface area contributed by atoms with Gasteiger partial charge >= 0.3 is 6.18 Å². The number of benzene rings is 1. The molecule has 1 aromatic carbocycles. The van der Waals surface area contributed by atoms with Crippen LogP contribution in [0.1, 0.15) is 37.3 Å². The highest BCUT2D eigenvalue weighted by molar-refractivity contribution is 7.15. The van der Waals surface area contributed by atoms with Crippen LogP contribution in [0.15, 0.2) is 24.3 Å². The Morgan fingerprint density at radius 2 is 1.78 bits per heavy atom. The quantitative estimate of drug-likeness (QED) is 0.733. The third-order valence-electron chi connectivity index (χ3n) is 3.35. The van der Waals surface area contributed by atoms with Crippen LogP contribution in [0.5, 0.6) is 0 Å². The molecule has 0 unspecified atom stereocenters. The summed E-state index contributed by atoms with van der Waals surface area (Å²) in [5.74, 6) is -0.551. The molecule has 0 saturated heterocycles. The molecular formula is C17H19F3N4O2S. The van der Waals surface area contributed by atoms with Crippen molar-refractivity contribution in [3.8, 4) is 0 Å². The second-order valence-corrected chi connectivity index (χ2v) is 7.34. The number of anilines is 2. The molecule has 0 aliphatic heterocycles. The number of amides is 2. The predicted molar refractivity (Wildman–Crippen MR) is 96.4 cm³/mol. The molecule has 2 aromatic rings. The van der Waals surface area contributed by atoms with Crippen molar-refractivity contribution in [2.24, 2.45) is 5.92 Å². The maximum absolute atomic E-state index is 12.7. The molecule has 0 saturated carbocycles. The lowest BCUT2D eigenvalue weighted by atomic mass is 10.1. The van der Waals surface area contributed by atoms with Crippen molar-refractivity contribution in [1.29, 1.82) is 0 Å². The lowest BCUT2D eigenvalue weighted by Crippen LogP contribution is -2.17. The minimum absolute atomic E-state index is 0.0256. The summed E-state index contributed by atoms with van der Waals surface area (Å²) in [6, 6.07) is 4.31. The van der Waals surface area contributed by atoms with E-state index in [4.69, 9.17) is 0 Å². The van der Waals surface area contributed by atoms with Gasteiger partial charge in [-0.15, -0.1) is 10.2 Å². The molecule has 0 fully saturated rings. The van der Waals surface area contributed by atoms with E-state index in [9.17, 15) is 22.8 Å². The summed E-state index contributed by atoms with van der Waals surface area (Å²) >= 11 is 1.27. The first-order valence-corrected chi connectivity index (χ1v) is 9.04. The summed E-state index contributed by atoms with van der Waals surface area (Å²) in [5, 5.41) is 13.9. The fourth-order valence-corrected chi connectivity index (χ4v) is 3.11. The van der Waals surface area contributed by atoms with Crippen LogP contribution >= 0.6 is 11.3 Å². The van der Waals surface area contributed by atoms with Gasteiger partial charge in [-0.3, -0.25) is 9.59 Å². The Labute approximate surface area is 158 Å². The van der Waals surface area contributed by atoms with Crippen molar-refractivity contribution in [1.82, 2.24) is 10.2 Å². The average Bonchev–Trinajstić information content (AvgIpc) is 2.98. The Kier molecular flexibility index (Phi) is 6.89. The van der Waals surface area contributed by atoms with E-state index in [1.54, 1.807) is 0 Å². The summed E-state index contributed by atoms with van der Waals surface area (Å²) in [7, 11) is 0. The number of nitrogens with zero attached hydrogens (tertiary/aromatic N) is 2. The minimum atomic E-state index is -4.49. The molecule has 1 aromatic heterocycles. The van der Waals surface area contributed by atoms with Crippen LogP contribution in [0.25, 0.3) is 0 Å². The van der Waals surface area contributed by atoms with Gasteiger partial charge in [0, 0.05) is 24.9 Å². The van der Waals surface area contributed by atoms with Crippen LogP contribution in [0, 0.1) is 5.92 Å². The van der Waals surface area contributed by atoms with Gasteiger partial charge in [-0.1, -0.05) is 31.3 Å². The molecule has 0 atom stereocenters. The zero-order valence-corrected chi connectivity index (χ0v) is 15.6. The molecule has 146 valence electrons. The van der Waals surface area contributed by atoms with Crippen LogP contribution in [0.2, 0.25) is 0 Å². The second kappa shape index (κ2) is 8.94. The number of carbonyl (C=O) groups excluding carboxylic acids is 2. The van der Waals surface area contributed by atoms with Gasteiger partial charge in [-0.2, -0.15) is 13.2 Å². The SMILES string of the molecule is CC(C)Cc1nnc(NC(=O)CCC(=O)Nc2cccc(C(F)(F)F)c2)s1. The molecule has 1 heterocycles. The standard InChI is InChI=1S/C17H19F3N4O2S/c1-10(2)8-15-23-24-16(27-15)22-14(26)7-6-13(25)21-12-5-3-4-11(9-12)17(18,19)20/h3-5,9-10H,6-8H2,1-2H3,(H,21,25)(H,22,24,26). The first-order chi connectivity index (χ1) is 12.6. The molecule has 2 amide bonds. The van der Waals surface area contributed by atoms with Gasteiger partial charge in [-0.25, -0.2) is 0 Å². The van der Waals surface area contributed by atoms with Crippen molar-refractivity contribution in [2.45, 2.75) is 39.3 Å². The second-order valence-electron chi connectivity index (χ2n) is 6.27. The van der Waals surface area contributed by atoms with Gasteiger partial charge in [0.05, 0.1) is 5.56 Å². The molecule has 6 nitrogen and oxygen atoms in total. The number of carbonyl (C=O) groups is 2. The largest absolute Gasteiger partial charge is 0.416 e. The van der Waals surface area contributed by atoms with E-state index in [1.165, 1.54) is 23.5 Å². The van der Waals surface area contributed by atoms with Gasteiger partial charge in [0.2, 0.25) is 16.9 Å². The van der Waals surface area contributed by atoms with E-state index in [-0.39, 0.29) is 18.5 Å². The molecule has 0 aliphatic rings. The molecular weight excluding hydrogens is 381 g/mol. The zero-order chi connectivity index (χ0) is 20.0. The Morgan fingerprint density at radius 3 is 2.41 bits per heavy atom. The van der Waals surface area contributed by atoms with Crippen LogP contribution in [0.3, 0.4) is 0 Å².